The van der Waals surface area contributed by atoms with E-state index in [2.05, 4.69) is 9.88 Å². The number of carbonyl (C=O) groups is 1. The monoisotopic (exact) mass is 517 g/mol. The van der Waals surface area contributed by atoms with E-state index in [0.717, 1.165) is 29.7 Å². The fraction of sp³-hybridized carbons (Fsp3) is 0.333. The minimum absolute atomic E-state index is 0. The van der Waals surface area contributed by atoms with Gasteiger partial charge in [-0.15, -0.1) is 12.4 Å². The number of hydrogen-bond acceptors (Lipinski definition) is 7. The molecule has 0 spiro atoms. The summed E-state index contributed by atoms with van der Waals surface area (Å²) in [7, 11) is -3.54. The Morgan fingerprint density at radius 1 is 1.21 bits per heavy atom. The number of amides is 1. The lowest BCUT2D eigenvalue weighted by atomic mass is 10.2. The number of nitrogens with zero attached hydrogens (tertiary/aromatic N) is 3. The van der Waals surface area contributed by atoms with E-state index < -0.39 is 27.4 Å². The Hall–Kier alpha value is -2.18. The van der Waals surface area contributed by atoms with Crippen LogP contribution in [0.2, 0.25) is 0 Å². The molecule has 1 aromatic heterocycles. The van der Waals surface area contributed by atoms with Crippen LogP contribution in [-0.2, 0) is 14.6 Å². The minimum atomic E-state index is -3.54. The molecule has 0 aliphatic carbocycles. The van der Waals surface area contributed by atoms with Crippen LogP contribution in [0.1, 0.15) is 10.4 Å². The minimum Gasteiger partial charge on any atom is -0.379 e. The molecule has 1 aliphatic heterocycles. The van der Waals surface area contributed by atoms with Gasteiger partial charge in [-0.3, -0.25) is 14.6 Å². The van der Waals surface area contributed by atoms with Gasteiger partial charge in [0.2, 0.25) is 0 Å². The fourth-order valence-electron chi connectivity index (χ4n) is 3.48. The predicted octanol–water partition coefficient (Wildman–Crippen LogP) is 3.38. The molecule has 0 bridgehead atoms. The van der Waals surface area contributed by atoms with E-state index in [-0.39, 0.29) is 40.1 Å². The summed E-state index contributed by atoms with van der Waals surface area (Å²) in [6, 6.07) is 7.57. The molecule has 1 amide bonds. The first-order valence-corrected chi connectivity index (χ1v) is 12.6. The van der Waals surface area contributed by atoms with Crippen LogP contribution < -0.4 is 4.90 Å². The molecule has 12 heteroatoms. The lowest BCUT2D eigenvalue weighted by Crippen LogP contribution is -2.43. The average Bonchev–Trinajstić information content (AvgIpc) is 3.17. The van der Waals surface area contributed by atoms with Gasteiger partial charge in [0, 0.05) is 38.5 Å². The largest absolute Gasteiger partial charge is 0.379 e. The predicted molar refractivity (Wildman–Crippen MR) is 125 cm³/mol. The maximum absolute atomic E-state index is 14.4. The van der Waals surface area contributed by atoms with Gasteiger partial charge in [0.15, 0.2) is 15.0 Å². The van der Waals surface area contributed by atoms with Crippen LogP contribution in [0.25, 0.3) is 10.2 Å². The first kappa shape index (κ1) is 25.4. The highest BCUT2D eigenvalue weighted by molar-refractivity contribution is 7.91. The SMILES string of the molecule is CS(=O)(=O)c1cccc2sc(N(CCN3CCOCC3)C(=O)c3ccc(F)cc3F)nc12.Cl. The van der Waals surface area contributed by atoms with Gasteiger partial charge in [-0.2, -0.15) is 0 Å². The molecule has 0 radical (unpaired) electrons. The highest BCUT2D eigenvalue weighted by atomic mass is 35.5. The summed E-state index contributed by atoms with van der Waals surface area (Å²) in [5.41, 5.74) is -0.0188. The Bertz CT molecular complexity index is 1260. The number of carbonyl (C=O) groups excluding carboxylic acids is 1. The second-order valence-electron chi connectivity index (χ2n) is 7.41. The Balaban J connectivity index is 0.00000306. The van der Waals surface area contributed by atoms with Gasteiger partial charge in [0.25, 0.3) is 5.91 Å². The van der Waals surface area contributed by atoms with Gasteiger partial charge in [-0.25, -0.2) is 22.2 Å². The van der Waals surface area contributed by atoms with Crippen molar-refractivity contribution in [3.8, 4) is 0 Å². The normalized spacial score (nSPS) is 14.8. The third-order valence-corrected chi connectivity index (χ3v) is 7.32. The summed E-state index contributed by atoms with van der Waals surface area (Å²) in [6.07, 6.45) is 1.09. The van der Waals surface area contributed by atoms with Crippen molar-refractivity contribution in [2.45, 2.75) is 4.90 Å². The molecule has 178 valence electrons. The van der Waals surface area contributed by atoms with Crippen molar-refractivity contribution in [1.82, 2.24) is 9.88 Å². The second kappa shape index (κ2) is 10.4. The molecule has 2 aromatic carbocycles. The van der Waals surface area contributed by atoms with Crippen molar-refractivity contribution in [2.24, 2.45) is 0 Å². The molecule has 1 aliphatic rings. The van der Waals surface area contributed by atoms with Crippen molar-refractivity contribution in [3.63, 3.8) is 0 Å². The summed E-state index contributed by atoms with van der Waals surface area (Å²) in [5.74, 6) is -2.42. The molecular formula is C21H22ClF2N3O4S2. The van der Waals surface area contributed by atoms with Gasteiger partial charge in [0.05, 0.1) is 28.4 Å². The summed E-state index contributed by atoms with van der Waals surface area (Å²) in [4.78, 5) is 21.2. The van der Waals surface area contributed by atoms with Crippen molar-refractivity contribution in [1.29, 1.82) is 0 Å². The molecule has 3 aromatic rings. The number of morpholine rings is 1. The number of anilines is 1. The van der Waals surface area contributed by atoms with E-state index >= 15 is 0 Å². The Morgan fingerprint density at radius 2 is 1.94 bits per heavy atom. The van der Waals surface area contributed by atoms with Crippen LogP contribution in [0, 0.1) is 11.6 Å². The second-order valence-corrected chi connectivity index (χ2v) is 10.4. The van der Waals surface area contributed by atoms with Gasteiger partial charge < -0.3 is 4.74 Å². The number of thiazole rings is 1. The summed E-state index contributed by atoms with van der Waals surface area (Å²) in [6.45, 7) is 3.26. The number of para-hydroxylation sites is 1. The first-order valence-electron chi connectivity index (χ1n) is 9.90. The van der Waals surface area contributed by atoms with Gasteiger partial charge >= 0.3 is 0 Å². The molecule has 2 heterocycles. The van der Waals surface area contributed by atoms with Crippen molar-refractivity contribution >= 4 is 54.8 Å². The van der Waals surface area contributed by atoms with Crippen LogP contribution in [0.15, 0.2) is 41.3 Å². The highest BCUT2D eigenvalue weighted by Gasteiger charge is 2.26. The molecule has 1 fully saturated rings. The highest BCUT2D eigenvalue weighted by Crippen LogP contribution is 2.33. The van der Waals surface area contributed by atoms with Crippen molar-refractivity contribution < 1.29 is 26.7 Å². The maximum Gasteiger partial charge on any atom is 0.263 e. The molecule has 0 atom stereocenters. The quantitative estimate of drug-likeness (QED) is 0.499. The molecule has 1 saturated heterocycles. The van der Waals surface area contributed by atoms with Crippen LogP contribution in [-0.4, -0.2) is 69.9 Å². The van der Waals surface area contributed by atoms with E-state index in [1.165, 1.54) is 11.0 Å². The van der Waals surface area contributed by atoms with E-state index in [4.69, 9.17) is 4.74 Å². The molecule has 0 saturated carbocycles. The van der Waals surface area contributed by atoms with E-state index in [1.54, 1.807) is 12.1 Å². The number of rotatable bonds is 6. The molecule has 4 rings (SSSR count). The lowest BCUT2D eigenvalue weighted by molar-refractivity contribution is 0.0391. The summed E-state index contributed by atoms with van der Waals surface area (Å²) in [5, 5.41) is 0.248. The molecule has 0 N–H and O–H groups in total. The fourth-order valence-corrected chi connectivity index (χ4v) is 5.40. The number of hydrogen-bond donors (Lipinski definition) is 0. The summed E-state index contributed by atoms with van der Waals surface area (Å²) >= 11 is 1.14. The van der Waals surface area contributed by atoms with Gasteiger partial charge in [0.1, 0.15) is 17.2 Å². The first-order chi connectivity index (χ1) is 15.2. The van der Waals surface area contributed by atoms with Crippen molar-refractivity contribution in [2.75, 3.05) is 50.5 Å². The smallest absolute Gasteiger partial charge is 0.263 e. The lowest BCUT2D eigenvalue weighted by Gasteiger charge is -2.29. The van der Waals surface area contributed by atoms with Crippen LogP contribution in [0.3, 0.4) is 0 Å². The van der Waals surface area contributed by atoms with Gasteiger partial charge in [-0.1, -0.05) is 17.4 Å². The third-order valence-electron chi connectivity index (χ3n) is 5.15. The third kappa shape index (κ3) is 5.67. The zero-order chi connectivity index (χ0) is 22.9. The number of benzene rings is 2. The molecular weight excluding hydrogens is 496 g/mol. The average molecular weight is 518 g/mol. The Kier molecular flexibility index (Phi) is 8.01. The number of aromatic nitrogens is 1. The zero-order valence-corrected chi connectivity index (χ0v) is 20.1. The van der Waals surface area contributed by atoms with Crippen LogP contribution in [0.4, 0.5) is 13.9 Å². The van der Waals surface area contributed by atoms with Gasteiger partial charge in [-0.05, 0) is 24.3 Å². The van der Waals surface area contributed by atoms with E-state index in [0.29, 0.717) is 43.6 Å². The number of ether oxygens (including phenoxy) is 1. The van der Waals surface area contributed by atoms with E-state index in [9.17, 15) is 22.0 Å². The molecule has 0 unspecified atom stereocenters. The standard InChI is InChI=1S/C21H21F2N3O4S2.ClH/c1-32(28,29)18-4-2-3-17-19(18)24-21(31-17)26(8-7-25-9-11-30-12-10-25)20(27)15-6-5-14(22)13-16(15)23;/h2-6,13H,7-12H2,1H3;1H. The topological polar surface area (TPSA) is 79.8 Å². The molecule has 7 nitrogen and oxygen atoms in total. The van der Waals surface area contributed by atoms with Crippen LogP contribution in [0.5, 0.6) is 0 Å². The van der Waals surface area contributed by atoms with Crippen molar-refractivity contribution in [3.05, 3.63) is 53.6 Å². The zero-order valence-electron chi connectivity index (χ0n) is 17.7. The summed E-state index contributed by atoms with van der Waals surface area (Å²) < 4.78 is 58.0. The van der Waals surface area contributed by atoms with E-state index in [1.807, 2.05) is 0 Å². The molecule has 33 heavy (non-hydrogen) atoms. The van der Waals surface area contributed by atoms with Crippen LogP contribution >= 0.6 is 23.7 Å². The Morgan fingerprint density at radius 3 is 2.61 bits per heavy atom. The Labute approximate surface area is 200 Å². The maximum atomic E-state index is 14.4. The number of sulfone groups is 1. The number of halogens is 3. The number of fused-ring (bicyclic) bond motifs is 1.